The number of aryl methyl sites for hydroxylation is 1. The second-order valence-electron chi connectivity index (χ2n) is 10.5. The third-order valence-electron chi connectivity index (χ3n) is 8.04. The predicted molar refractivity (Wildman–Crippen MR) is 160 cm³/mol. The van der Waals surface area contributed by atoms with Crippen LogP contribution in [0.3, 0.4) is 0 Å². The first-order valence-electron chi connectivity index (χ1n) is 14.0. The average molecular weight is 534 g/mol. The van der Waals surface area contributed by atoms with E-state index in [2.05, 4.69) is 97.4 Å². The van der Waals surface area contributed by atoms with Crippen LogP contribution in [-0.2, 0) is 16.5 Å². The molecule has 2 atom stereocenters. The summed E-state index contributed by atoms with van der Waals surface area (Å²) in [5.74, 6) is 0. The Labute approximate surface area is 231 Å². The van der Waals surface area contributed by atoms with Gasteiger partial charge >= 0.3 is 0 Å². The highest BCUT2D eigenvalue weighted by atomic mass is 16.5. The van der Waals surface area contributed by atoms with Gasteiger partial charge in [-0.15, -0.1) is 0 Å². The Balaban J connectivity index is 0.000000160. The van der Waals surface area contributed by atoms with Crippen molar-refractivity contribution in [2.75, 3.05) is 83.0 Å². The lowest BCUT2D eigenvalue weighted by atomic mass is 10.1. The summed E-state index contributed by atoms with van der Waals surface area (Å²) in [6, 6.07) is 16.2. The third kappa shape index (κ3) is 6.22. The Kier molecular flexibility index (Phi) is 9.03. The van der Waals surface area contributed by atoms with Crippen molar-refractivity contribution in [3.8, 4) is 0 Å². The van der Waals surface area contributed by atoms with Crippen LogP contribution in [-0.4, -0.2) is 105 Å². The summed E-state index contributed by atoms with van der Waals surface area (Å²) in [5.41, 5.74) is 4.92. The van der Waals surface area contributed by atoms with Crippen molar-refractivity contribution in [3.05, 3.63) is 54.9 Å². The van der Waals surface area contributed by atoms with Gasteiger partial charge < -0.3 is 29.2 Å². The Bertz CT molecular complexity index is 1330. The number of piperazine rings is 2. The fourth-order valence-electron chi connectivity index (χ4n) is 5.88. The number of rotatable bonds is 7. The largest absolute Gasteiger partial charge is 0.383 e. The van der Waals surface area contributed by atoms with Gasteiger partial charge in [0.2, 0.25) is 0 Å². The van der Waals surface area contributed by atoms with E-state index in [9.17, 15) is 0 Å². The van der Waals surface area contributed by atoms with E-state index in [1.54, 1.807) is 14.2 Å². The van der Waals surface area contributed by atoms with Gasteiger partial charge in [-0.2, -0.15) is 5.10 Å². The van der Waals surface area contributed by atoms with Crippen LogP contribution in [0.15, 0.2) is 54.9 Å². The molecule has 4 heterocycles. The van der Waals surface area contributed by atoms with Crippen molar-refractivity contribution in [1.29, 1.82) is 0 Å². The van der Waals surface area contributed by atoms with Gasteiger partial charge in [0.15, 0.2) is 0 Å². The maximum absolute atomic E-state index is 5.45. The molecule has 0 bridgehead atoms. The molecule has 39 heavy (non-hydrogen) atoms. The van der Waals surface area contributed by atoms with Crippen LogP contribution in [0.25, 0.3) is 21.8 Å². The lowest BCUT2D eigenvalue weighted by Gasteiger charge is -2.42. The first-order chi connectivity index (χ1) is 19.1. The molecule has 0 spiro atoms. The summed E-state index contributed by atoms with van der Waals surface area (Å²) in [6.07, 6.45) is 3.99. The van der Waals surface area contributed by atoms with E-state index < -0.39 is 0 Å². The average Bonchev–Trinajstić information content (AvgIpc) is 3.60. The molecule has 2 unspecified atom stereocenters. The maximum Gasteiger partial charge on any atom is 0.0678 e. The van der Waals surface area contributed by atoms with E-state index in [-0.39, 0.29) is 0 Å². The van der Waals surface area contributed by atoms with Crippen LogP contribution in [0.2, 0.25) is 0 Å². The van der Waals surface area contributed by atoms with E-state index in [1.165, 1.54) is 22.3 Å². The Morgan fingerprint density at radius 1 is 0.897 bits per heavy atom. The van der Waals surface area contributed by atoms with Crippen LogP contribution in [0.4, 0.5) is 11.4 Å². The molecule has 0 saturated carbocycles. The zero-order valence-electron chi connectivity index (χ0n) is 23.8. The Hall–Kier alpha value is -3.11. The molecule has 2 aliphatic rings. The minimum Gasteiger partial charge on any atom is -0.383 e. The lowest BCUT2D eigenvalue weighted by Crippen LogP contribution is -2.55. The topological polar surface area (TPSA) is 73.8 Å². The third-order valence-corrected chi connectivity index (χ3v) is 8.04. The molecule has 6 rings (SSSR count). The van der Waals surface area contributed by atoms with Gasteiger partial charge in [0, 0.05) is 94.4 Å². The fourth-order valence-corrected chi connectivity index (χ4v) is 5.88. The number of fused-ring (bicyclic) bond motifs is 2. The normalized spacial score (nSPS) is 20.4. The Morgan fingerprint density at radius 2 is 1.64 bits per heavy atom. The molecular formula is C30H43N7O2. The minimum absolute atomic E-state index is 0.396. The van der Waals surface area contributed by atoms with Crippen molar-refractivity contribution in [1.82, 2.24) is 25.0 Å². The first kappa shape index (κ1) is 27.5. The molecule has 210 valence electrons. The molecule has 0 amide bonds. The molecule has 2 aromatic heterocycles. The summed E-state index contributed by atoms with van der Waals surface area (Å²) < 4.78 is 12.9. The number of H-pyrrole nitrogens is 1. The molecule has 2 N–H and O–H groups in total. The zero-order valence-corrected chi connectivity index (χ0v) is 23.8. The number of hydrogen-bond acceptors (Lipinski definition) is 7. The molecule has 2 aliphatic heterocycles. The SMILES string of the molecule is CCN1CCN(c2ccc3c(ccn3C)c2)C(COC)C1.COCC1CNCCN1c1ccc2[nH]ncc2c1. The molecule has 9 nitrogen and oxygen atoms in total. The number of aromatic nitrogens is 3. The minimum atomic E-state index is 0.396. The van der Waals surface area contributed by atoms with E-state index in [0.717, 1.165) is 69.9 Å². The van der Waals surface area contributed by atoms with E-state index in [0.29, 0.717) is 12.1 Å². The molecule has 4 aromatic rings. The van der Waals surface area contributed by atoms with Crippen LogP contribution in [0.5, 0.6) is 0 Å². The number of methoxy groups -OCH3 is 2. The second-order valence-corrected chi connectivity index (χ2v) is 10.5. The number of ether oxygens (including phenoxy) is 2. The van der Waals surface area contributed by atoms with Gasteiger partial charge in [-0.25, -0.2) is 0 Å². The summed E-state index contributed by atoms with van der Waals surface area (Å²) >= 11 is 0. The second kappa shape index (κ2) is 12.8. The van der Waals surface area contributed by atoms with Gasteiger partial charge in [0.1, 0.15) is 0 Å². The number of benzene rings is 2. The van der Waals surface area contributed by atoms with Crippen LogP contribution >= 0.6 is 0 Å². The van der Waals surface area contributed by atoms with Gasteiger partial charge in [-0.3, -0.25) is 10.00 Å². The fraction of sp³-hybridized carbons (Fsp3) is 0.500. The monoisotopic (exact) mass is 533 g/mol. The highest BCUT2D eigenvalue weighted by molar-refractivity contribution is 5.84. The van der Waals surface area contributed by atoms with Crippen molar-refractivity contribution >= 4 is 33.2 Å². The van der Waals surface area contributed by atoms with Crippen molar-refractivity contribution in [2.45, 2.75) is 19.0 Å². The van der Waals surface area contributed by atoms with Gasteiger partial charge in [-0.1, -0.05) is 6.92 Å². The highest BCUT2D eigenvalue weighted by Crippen LogP contribution is 2.26. The zero-order chi connectivity index (χ0) is 27.2. The van der Waals surface area contributed by atoms with E-state index >= 15 is 0 Å². The number of nitrogens with one attached hydrogen (secondary N) is 2. The maximum atomic E-state index is 5.45. The van der Waals surface area contributed by atoms with Crippen molar-refractivity contribution in [3.63, 3.8) is 0 Å². The Morgan fingerprint density at radius 3 is 2.44 bits per heavy atom. The van der Waals surface area contributed by atoms with Gasteiger partial charge in [-0.05, 0) is 49.0 Å². The smallest absolute Gasteiger partial charge is 0.0678 e. The number of nitrogens with zero attached hydrogens (tertiary/aromatic N) is 5. The predicted octanol–water partition coefficient (Wildman–Crippen LogP) is 3.32. The standard InChI is InChI=1S/C17H25N3O.C13H18N4O/c1-4-19-9-10-20(16(12-19)13-21-3)15-5-6-17-14(11-15)7-8-18(17)2;1-18-9-12-8-14-4-5-17(12)11-2-3-13-10(6-11)7-15-16-13/h5-8,11,16H,4,9-10,12-13H2,1-3H3;2-3,6-7,12,14H,4-5,8-9H2,1H3,(H,15,16). The van der Waals surface area contributed by atoms with Crippen LogP contribution in [0, 0.1) is 0 Å². The van der Waals surface area contributed by atoms with Crippen molar-refractivity contribution in [2.24, 2.45) is 7.05 Å². The van der Waals surface area contributed by atoms with Gasteiger partial charge in [0.25, 0.3) is 0 Å². The van der Waals surface area contributed by atoms with Crippen LogP contribution in [0.1, 0.15) is 6.92 Å². The number of hydrogen-bond donors (Lipinski definition) is 2. The number of anilines is 2. The number of aromatic amines is 1. The first-order valence-corrected chi connectivity index (χ1v) is 14.0. The molecule has 0 aliphatic carbocycles. The summed E-state index contributed by atoms with van der Waals surface area (Å²) in [7, 11) is 5.64. The molecule has 2 aromatic carbocycles. The highest BCUT2D eigenvalue weighted by Gasteiger charge is 2.26. The molecule has 2 fully saturated rings. The van der Waals surface area contributed by atoms with E-state index in [1.807, 2.05) is 6.20 Å². The molecular weight excluding hydrogens is 490 g/mol. The quantitative estimate of drug-likeness (QED) is 0.378. The van der Waals surface area contributed by atoms with Crippen LogP contribution < -0.4 is 15.1 Å². The summed E-state index contributed by atoms with van der Waals surface area (Å²) in [4.78, 5) is 7.41. The molecule has 9 heteroatoms. The molecule has 0 radical (unpaired) electrons. The van der Waals surface area contributed by atoms with Crippen molar-refractivity contribution < 1.29 is 9.47 Å². The summed E-state index contributed by atoms with van der Waals surface area (Å²) in [6.45, 7) is 11.2. The molecule has 2 saturated heterocycles. The van der Waals surface area contributed by atoms with Gasteiger partial charge in [0.05, 0.1) is 37.0 Å². The number of likely N-dealkylation sites (N-methyl/N-ethyl adjacent to an activating group) is 1. The summed E-state index contributed by atoms with van der Waals surface area (Å²) in [5, 5.41) is 12.9. The lowest BCUT2D eigenvalue weighted by molar-refractivity contribution is 0.135. The van der Waals surface area contributed by atoms with E-state index in [4.69, 9.17) is 9.47 Å².